The minimum absolute atomic E-state index is 0. The zero-order valence-corrected chi connectivity index (χ0v) is 30.8. The van der Waals surface area contributed by atoms with E-state index in [4.69, 9.17) is 0 Å². The van der Waals surface area contributed by atoms with E-state index in [0.29, 0.717) is 22.5 Å². The van der Waals surface area contributed by atoms with Crippen molar-refractivity contribution in [1.82, 2.24) is 19.9 Å². The van der Waals surface area contributed by atoms with Gasteiger partial charge in [0.1, 0.15) is 0 Å². The van der Waals surface area contributed by atoms with E-state index >= 15 is 17.6 Å². The Bertz CT molecular complexity index is 2460. The Balaban J connectivity index is 0.00000497. The smallest absolute Gasteiger partial charge is 0.657 e. The molecule has 7 rings (SSSR count). The largest absolute Gasteiger partial charge is 2.00 e. The Morgan fingerprint density at radius 2 is 0.963 bits per heavy atom. The van der Waals surface area contributed by atoms with Crippen LogP contribution in [0.5, 0.6) is 0 Å². The van der Waals surface area contributed by atoms with Crippen molar-refractivity contribution in [3.63, 3.8) is 0 Å². The second-order valence-electron chi connectivity index (χ2n) is 11.6. The van der Waals surface area contributed by atoms with Crippen molar-refractivity contribution >= 4 is 56.6 Å². The molecule has 2 aliphatic heterocycles. The Kier molecular flexibility index (Phi) is 9.78. The molecule has 18 heteroatoms. The van der Waals surface area contributed by atoms with E-state index in [-0.39, 0.29) is 53.0 Å². The molecule has 0 spiro atoms. The third-order valence-electron chi connectivity index (χ3n) is 8.14. The molecule has 2 aromatic carbocycles. The molecule has 54 heavy (non-hydrogen) atoms. The van der Waals surface area contributed by atoms with Crippen LogP contribution in [0, 0.1) is 0 Å². The molecule has 0 amide bonds. The van der Waals surface area contributed by atoms with Gasteiger partial charge in [0.05, 0.1) is 22.8 Å². The second-order valence-corrected chi connectivity index (χ2v) is 13.0. The molecule has 7 nitrogen and oxygen atoms in total. The van der Waals surface area contributed by atoms with Crippen molar-refractivity contribution in [2.24, 2.45) is 0 Å². The van der Waals surface area contributed by atoms with E-state index in [1.54, 1.807) is 91.0 Å². The first-order valence-corrected chi connectivity index (χ1v) is 16.6. The maximum absolute atomic E-state index is 16.3. The van der Waals surface area contributed by atoms with Crippen LogP contribution in [0.1, 0.15) is 28.3 Å². The summed E-state index contributed by atoms with van der Waals surface area (Å²) in [5.74, 6) is -6.03. The molecule has 0 saturated carbocycles. The van der Waals surface area contributed by atoms with Crippen LogP contribution in [-0.4, -0.2) is 35.9 Å². The van der Waals surface area contributed by atoms with Crippen LogP contribution in [0.3, 0.4) is 0 Å². The van der Waals surface area contributed by atoms with Crippen LogP contribution in [-0.2, 0) is 40.4 Å². The van der Waals surface area contributed by atoms with Gasteiger partial charge in [-0.25, -0.2) is 14.7 Å². The fourth-order valence-electron chi connectivity index (χ4n) is 5.72. The molecule has 0 unspecified atom stereocenters. The average molecular weight is 824 g/mol. The van der Waals surface area contributed by atoms with Gasteiger partial charge in [0.15, 0.2) is 0 Å². The fraction of sp³-hybridized carbons (Fsp3) is 0.111. The van der Waals surface area contributed by atoms with Gasteiger partial charge in [-0.05, 0) is 52.6 Å². The van der Waals surface area contributed by atoms with Crippen molar-refractivity contribution in [2.45, 2.75) is 23.4 Å². The molecule has 3 aromatic heterocycles. The monoisotopic (exact) mass is 822 g/mol. The minimum atomic E-state index is -7.65. The number of hydrogen-bond donors (Lipinski definition) is 0. The molecule has 0 atom stereocenters. The zero-order valence-electron chi connectivity index (χ0n) is 27.0. The molecule has 5 heterocycles. The molecule has 272 valence electrons. The van der Waals surface area contributed by atoms with Crippen molar-refractivity contribution in [1.29, 1.82) is 0 Å². The number of hydrogen-bond acceptors (Lipinski definition) is 5. The second kappa shape index (κ2) is 13.7. The van der Waals surface area contributed by atoms with Gasteiger partial charge < -0.3 is 9.97 Å². The van der Waals surface area contributed by atoms with Gasteiger partial charge in [-0.15, -0.1) is 22.1 Å². The third-order valence-corrected chi connectivity index (χ3v) is 8.99. The zero-order chi connectivity index (χ0) is 38.0. The molecule has 0 fully saturated rings. The number of aromatic nitrogens is 4. The summed E-state index contributed by atoms with van der Waals surface area (Å²) in [5.41, 5.74) is -1.37. The minimum Gasteiger partial charge on any atom is -0.657 e. The van der Waals surface area contributed by atoms with Crippen LogP contribution >= 0.6 is 0 Å². The van der Waals surface area contributed by atoms with Crippen molar-refractivity contribution < 1.29 is 71.6 Å². The summed E-state index contributed by atoms with van der Waals surface area (Å²) >= 11 is 0. The number of alkyl halides is 8. The predicted molar refractivity (Wildman–Crippen MR) is 178 cm³/mol. The summed E-state index contributed by atoms with van der Waals surface area (Å²) < 4.78 is 157. The van der Waals surface area contributed by atoms with Gasteiger partial charge in [-0.1, -0.05) is 88.8 Å². The summed E-state index contributed by atoms with van der Waals surface area (Å²) in [4.78, 5) is 17.6. The summed E-state index contributed by atoms with van der Waals surface area (Å²) in [6.45, 7) is 0. The number of rotatable bonds is 8. The first kappa shape index (κ1) is 38.7. The molecule has 2 aliphatic rings. The van der Waals surface area contributed by atoms with Gasteiger partial charge in [-0.2, -0.15) is 43.5 Å². The van der Waals surface area contributed by atoms with Crippen molar-refractivity contribution in [3.05, 3.63) is 119 Å². The number of ether oxygens (including phenoxy) is 1. The topological polar surface area (TPSA) is 97.4 Å². The molecular formula is C36H19F9N4O3SZn. The van der Waals surface area contributed by atoms with E-state index < -0.39 is 50.2 Å². The van der Waals surface area contributed by atoms with Gasteiger partial charge in [-0.3, -0.25) is 0 Å². The third kappa shape index (κ3) is 6.66. The maximum atomic E-state index is 16.3. The number of halogens is 9. The summed E-state index contributed by atoms with van der Waals surface area (Å²) in [7, 11) is -7.65. The molecule has 0 radical (unpaired) electrons. The normalized spacial score (nSPS) is 13.6. The first-order chi connectivity index (χ1) is 24.9. The van der Waals surface area contributed by atoms with Crippen molar-refractivity contribution in [2.75, 3.05) is 0 Å². The quantitative estimate of drug-likeness (QED) is 0.0856. The summed E-state index contributed by atoms with van der Waals surface area (Å²) in [5, 5.41) is -6.99. The number of benzene rings is 2. The maximum Gasteiger partial charge on any atom is 2.00 e. The van der Waals surface area contributed by atoms with Gasteiger partial charge in [0.25, 0.3) is 0 Å². The molecule has 8 bridgehead atoms. The Hall–Kier alpha value is -5.06. The number of nitrogens with zero attached hydrogens (tertiary/aromatic N) is 4. The van der Waals surface area contributed by atoms with Gasteiger partial charge in [0, 0.05) is 5.56 Å². The molecule has 0 N–H and O–H groups in total. The van der Waals surface area contributed by atoms with Crippen LogP contribution in [0.4, 0.5) is 39.0 Å². The van der Waals surface area contributed by atoms with E-state index in [2.05, 4.69) is 24.7 Å². The van der Waals surface area contributed by atoms with Gasteiger partial charge >= 0.3 is 53.1 Å². The molecule has 0 aliphatic carbocycles. The Morgan fingerprint density at radius 3 is 1.37 bits per heavy atom. The van der Waals surface area contributed by atoms with Gasteiger partial charge in [0.2, 0.25) is 0 Å². The van der Waals surface area contributed by atoms with Crippen LogP contribution in [0.25, 0.3) is 68.6 Å². The summed E-state index contributed by atoms with van der Waals surface area (Å²) in [6, 6.07) is 22.1. The van der Waals surface area contributed by atoms with E-state index in [1.807, 2.05) is 0 Å². The Morgan fingerprint density at radius 1 is 0.556 bits per heavy atom. The fourth-order valence-corrected chi connectivity index (χ4v) is 6.04. The predicted octanol–water partition coefficient (Wildman–Crippen LogP) is 9.43. The number of fused-ring (bicyclic) bond motifs is 8. The standard InChI is InChI=1S/C36H19F9N4O3S.Zn/c37-33(38,34(39,40)52-35(41,42)36(43,44)53(45,50)51)32-28-17-15-26(48-28)30(20-7-3-1-4-8-20)24-13-11-22(46-24)19-23-12-14-25(47-23)31(21-9-5-2-6-10-21)27-16-18-29(32)49-27;/h1-19H;/q-2;+2. The van der Waals surface area contributed by atoms with Crippen molar-refractivity contribution in [3.8, 4) is 22.3 Å². The van der Waals surface area contributed by atoms with E-state index in [9.17, 15) is 29.9 Å². The van der Waals surface area contributed by atoms with Crippen LogP contribution < -0.4 is 9.97 Å². The van der Waals surface area contributed by atoms with Crippen LogP contribution in [0.15, 0.2) is 91.0 Å². The van der Waals surface area contributed by atoms with Crippen LogP contribution in [0.2, 0.25) is 0 Å². The SMILES string of the molecule is O=S(=O)(F)C(F)(F)C(F)(F)OC(F)(F)C(F)(F)c1c2ccc([n-]2)c(-c2ccccc2)c2nc(cc3nc(c(-c4ccccc4)c4ccc1[n-]4)C=C3)C=C2.[Zn+2]. The average Bonchev–Trinajstić information content (AvgIpc) is 3.92. The molecule has 0 saturated heterocycles. The van der Waals surface area contributed by atoms with E-state index in [0.717, 1.165) is 24.3 Å². The first-order valence-electron chi connectivity index (χ1n) is 15.2. The molecular weight excluding hydrogens is 805 g/mol. The Labute approximate surface area is 312 Å². The van der Waals surface area contributed by atoms with E-state index in [1.165, 1.54) is 0 Å². The summed E-state index contributed by atoms with van der Waals surface area (Å²) in [6.07, 6.45) is -7.20. The molecule has 5 aromatic rings.